The first-order chi connectivity index (χ1) is 61.2. The summed E-state index contributed by atoms with van der Waals surface area (Å²) in [5, 5.41) is 82.5. The molecule has 31 nitrogen and oxygen atoms in total. The van der Waals surface area contributed by atoms with E-state index in [9.17, 15) is 34.5 Å². The fourth-order valence-corrected chi connectivity index (χ4v) is 21.6. The molecule has 4 aliphatic heterocycles. The predicted octanol–water partition coefficient (Wildman–Crippen LogP) is 10.7. The molecular formula is C94H126N22O9S2. The Hall–Kier alpha value is -10.2. The van der Waals surface area contributed by atoms with Gasteiger partial charge in [-0.25, -0.2) is 9.97 Å². The van der Waals surface area contributed by atoms with Crippen molar-refractivity contribution in [3.63, 3.8) is 0 Å². The maximum absolute atomic E-state index is 12.5. The summed E-state index contributed by atoms with van der Waals surface area (Å²) < 4.78 is 15.9. The van der Waals surface area contributed by atoms with Crippen molar-refractivity contribution in [1.29, 1.82) is 0 Å². The van der Waals surface area contributed by atoms with Gasteiger partial charge in [0.2, 0.25) is 29.5 Å². The molecule has 8 aliphatic rings. The molecule has 33 heteroatoms. The Morgan fingerprint density at radius 2 is 0.850 bits per heavy atom. The number of carbonyl (C=O) groups is 4. The number of amides is 4. The minimum absolute atomic E-state index is 0.00989. The molecule has 127 heavy (non-hydrogen) atoms. The molecule has 0 radical (unpaired) electrons. The van der Waals surface area contributed by atoms with Crippen LogP contribution in [0.5, 0.6) is 5.88 Å². The van der Waals surface area contributed by atoms with E-state index in [0.29, 0.717) is 48.7 Å². The topological polar surface area (TPSA) is 366 Å². The number of aliphatic hydroxyl groups is 3. The lowest BCUT2D eigenvalue weighted by molar-refractivity contribution is -0.122. The number of aromatic nitrogens is 10. The lowest BCUT2D eigenvalue weighted by Crippen LogP contribution is -2.63. The van der Waals surface area contributed by atoms with E-state index in [1.165, 1.54) is 59.5 Å². The number of benzene rings is 4. The van der Waals surface area contributed by atoms with Crippen molar-refractivity contribution in [2.75, 3.05) is 107 Å². The fraction of sp³-hybridized carbons (Fsp3) is 0.543. The van der Waals surface area contributed by atoms with E-state index in [-0.39, 0.29) is 74.0 Å². The number of likely N-dealkylation sites (tertiary alicyclic amines) is 4. The van der Waals surface area contributed by atoms with Crippen molar-refractivity contribution in [3.05, 3.63) is 152 Å². The highest BCUT2D eigenvalue weighted by Gasteiger charge is 2.45. The maximum Gasteiger partial charge on any atom is 0.239 e. The highest BCUT2D eigenvalue weighted by Crippen LogP contribution is 2.44. The van der Waals surface area contributed by atoms with Gasteiger partial charge in [0, 0.05) is 149 Å². The van der Waals surface area contributed by atoms with Gasteiger partial charge in [-0.15, -0.1) is 22.7 Å². The summed E-state index contributed by atoms with van der Waals surface area (Å²) in [7, 11) is 7.32. The second-order valence-electron chi connectivity index (χ2n) is 37.2. The number of hydrogen-bond donors (Lipinski definition) is 11. The zero-order valence-corrected chi connectivity index (χ0v) is 76.5. The molecule has 11 heterocycles. The third-order valence-electron chi connectivity index (χ3n) is 27.7. The number of nitrogens with zero attached hydrogens (tertiary/aromatic N) is 14. The SMILES string of the molecule is COc1ccc(C2(O)CCC(N3CC(NC(=O)CNc4nn(C)c5ccc(C)cc45)C3)CC2)cn1.Cc1ccc2c(c1)c(NCC(=O)NC1CN(C3CCC(O)(c4cncs4)CC3)C1)nn2C.Cc1ccc2c(c1)c(NCC(=O)NC1CN(C3CCC(O)(c4nccs4)CC3)C1)nn2C.Cc1ccc2onc(NCC(=O)NC3CN(C4CCC(C(C)C)CC4)C3)c2c1. The molecule has 4 saturated heterocycles. The second kappa shape index (κ2) is 39.4. The summed E-state index contributed by atoms with van der Waals surface area (Å²) in [6.45, 7) is 20.9. The summed E-state index contributed by atoms with van der Waals surface area (Å²) in [5.74, 6) is 5.08. The van der Waals surface area contributed by atoms with Crippen LogP contribution in [0.15, 0.2) is 119 Å². The third-order valence-corrected chi connectivity index (χ3v) is 29.6. The zero-order chi connectivity index (χ0) is 88.8. The summed E-state index contributed by atoms with van der Waals surface area (Å²) in [4.78, 5) is 73.2. The van der Waals surface area contributed by atoms with Gasteiger partial charge in [0.05, 0.1) is 95.4 Å². The normalized spacial score (nSPS) is 23.9. The molecule has 8 fully saturated rings. The minimum Gasteiger partial charge on any atom is -0.481 e. The van der Waals surface area contributed by atoms with Crippen molar-refractivity contribution >= 4 is 113 Å². The largest absolute Gasteiger partial charge is 0.481 e. The number of pyridine rings is 1. The molecule has 0 unspecified atom stereocenters. The zero-order valence-electron chi connectivity index (χ0n) is 74.9. The van der Waals surface area contributed by atoms with Gasteiger partial charge in [-0.3, -0.25) is 57.8 Å². The Morgan fingerprint density at radius 1 is 0.465 bits per heavy atom. The van der Waals surface area contributed by atoms with Crippen LogP contribution in [0.4, 0.5) is 23.3 Å². The number of aryl methyl sites for hydroxylation is 7. The standard InChI is InChI=1S/C26H34N6O3.2C23H30N6O2S.C22H32N4O2/c1-17-4-6-22-21(12-17)25(30-31(22)2)28-14-23(33)29-19-15-32(16-19)20-8-10-26(34,11-9-20)18-5-7-24(35-3)27-13-18;1-15-3-4-19-18(9-15)22(27-28(19)2)25-11-21(30)26-16-12-29(13-16)17-5-7-23(31,8-6-17)20-10-24-14-32-20;1-15-3-4-19-18(11-15)21(27-28(19)2)25-12-20(30)26-16-13-29(14-16)17-5-7-23(31,8-6-17)22-24-9-10-32-22;1-14(2)16-5-7-18(8-6-16)26-12-17(13-26)24-21(27)11-23-22-19-10-15(3)4-9-20(19)28-25-22/h4-7,12-13,19-20,34H,8-11,14-16H2,1-3H3,(H,28,30)(H,29,33);3-4,9-10,14,16-17,31H,5-8,11-13H2,1-2H3,(H,25,27)(H,26,30);3-4,9-11,16-17,31H,5-8,12-14H2,1-2H3,(H,25,27)(H,26,30);4,9-10,14,16-18H,5-8,11-13H2,1-3H3,(H,23,25)(H,24,27). The van der Waals surface area contributed by atoms with Crippen molar-refractivity contribution in [2.45, 2.75) is 209 Å². The van der Waals surface area contributed by atoms with Crippen molar-refractivity contribution in [1.82, 2.24) is 90.3 Å². The molecule has 4 aromatic carbocycles. The molecular weight excluding hydrogens is 1650 g/mol. The van der Waals surface area contributed by atoms with E-state index in [1.807, 2.05) is 77.8 Å². The molecule has 0 bridgehead atoms. The first kappa shape index (κ1) is 90.1. The van der Waals surface area contributed by atoms with E-state index in [2.05, 4.69) is 181 Å². The van der Waals surface area contributed by atoms with Crippen LogP contribution in [0.1, 0.15) is 154 Å². The van der Waals surface area contributed by atoms with Crippen LogP contribution in [0, 0.1) is 39.5 Å². The molecule has 4 aliphatic carbocycles. The second-order valence-corrected chi connectivity index (χ2v) is 39.0. The summed E-state index contributed by atoms with van der Waals surface area (Å²) >= 11 is 3.07. The number of fused-ring (bicyclic) bond motifs is 4. The van der Waals surface area contributed by atoms with E-state index >= 15 is 0 Å². The Bertz CT molecular complexity index is 5390. The average molecular weight is 1770 g/mol. The van der Waals surface area contributed by atoms with Gasteiger partial charge in [0.1, 0.15) is 16.2 Å². The van der Waals surface area contributed by atoms with Crippen molar-refractivity contribution in [3.8, 4) is 5.88 Å². The van der Waals surface area contributed by atoms with Crippen LogP contribution in [-0.4, -0.2) is 242 Å². The molecule has 11 aromatic rings. The number of ether oxygens (including phenoxy) is 1. The molecule has 7 aromatic heterocycles. The van der Waals surface area contributed by atoms with Crippen LogP contribution >= 0.6 is 22.7 Å². The lowest BCUT2D eigenvalue weighted by Gasteiger charge is -2.48. The lowest BCUT2D eigenvalue weighted by atomic mass is 9.77. The molecule has 11 N–H and O–H groups in total. The average Bonchev–Trinajstić information content (AvgIpc) is 1.50. The Balaban J connectivity index is 0.000000125. The number of anilines is 4. The number of carbonyl (C=O) groups excluding carboxylic acids is 4. The van der Waals surface area contributed by atoms with Crippen LogP contribution in [0.3, 0.4) is 0 Å². The minimum atomic E-state index is -0.825. The quantitative estimate of drug-likeness (QED) is 0.0253. The van der Waals surface area contributed by atoms with Gasteiger partial charge < -0.3 is 67.1 Å². The first-order valence-corrected chi connectivity index (χ1v) is 47.1. The smallest absolute Gasteiger partial charge is 0.239 e. The third kappa shape index (κ3) is 21.4. The number of hydrogen-bond acceptors (Lipinski definition) is 26. The number of methoxy groups -OCH3 is 1. The highest BCUT2D eigenvalue weighted by molar-refractivity contribution is 7.10. The van der Waals surface area contributed by atoms with Crippen LogP contribution < -0.4 is 47.3 Å². The predicted molar refractivity (Wildman–Crippen MR) is 497 cm³/mol. The first-order valence-electron chi connectivity index (χ1n) is 45.4. The summed E-state index contributed by atoms with van der Waals surface area (Å²) in [6.07, 6.45) is 20.8. The molecule has 4 amide bonds. The Labute approximate surface area is 750 Å². The van der Waals surface area contributed by atoms with Crippen LogP contribution in [-0.2, 0) is 57.1 Å². The number of thiazole rings is 2. The maximum atomic E-state index is 12.5. The van der Waals surface area contributed by atoms with Crippen molar-refractivity contribution < 1.29 is 43.8 Å². The molecule has 678 valence electrons. The summed E-state index contributed by atoms with van der Waals surface area (Å²) in [5.41, 5.74) is 8.84. The molecule has 19 rings (SSSR count). The number of rotatable bonds is 25. The van der Waals surface area contributed by atoms with Crippen LogP contribution in [0.25, 0.3) is 43.7 Å². The van der Waals surface area contributed by atoms with Gasteiger partial charge in [-0.1, -0.05) is 65.5 Å². The molecule has 4 saturated carbocycles. The van der Waals surface area contributed by atoms with E-state index in [0.717, 1.165) is 216 Å². The van der Waals surface area contributed by atoms with E-state index in [1.54, 1.807) is 37.3 Å². The van der Waals surface area contributed by atoms with Crippen molar-refractivity contribution in [2.24, 2.45) is 33.0 Å². The number of nitrogens with one attached hydrogen (secondary N) is 8. The van der Waals surface area contributed by atoms with Gasteiger partial charge in [0.25, 0.3) is 0 Å². The Morgan fingerprint density at radius 3 is 1.22 bits per heavy atom. The van der Waals surface area contributed by atoms with Gasteiger partial charge >= 0.3 is 0 Å². The van der Waals surface area contributed by atoms with Gasteiger partial charge in [0.15, 0.2) is 28.9 Å². The molecule has 0 atom stereocenters. The summed E-state index contributed by atoms with van der Waals surface area (Å²) in [6, 6.07) is 31.1. The van der Waals surface area contributed by atoms with Gasteiger partial charge in [-0.05, 0) is 197 Å². The highest BCUT2D eigenvalue weighted by atomic mass is 32.1. The van der Waals surface area contributed by atoms with Crippen LogP contribution in [0.2, 0.25) is 0 Å². The van der Waals surface area contributed by atoms with E-state index in [4.69, 9.17) is 9.26 Å². The fourth-order valence-electron chi connectivity index (χ4n) is 20.0. The van der Waals surface area contributed by atoms with Gasteiger partial charge in [-0.2, -0.15) is 15.3 Å². The molecule has 0 spiro atoms. The Kier molecular flexibility index (Phi) is 28.0. The monoisotopic (exact) mass is 1770 g/mol. The van der Waals surface area contributed by atoms with E-state index < -0.39 is 16.8 Å².